The van der Waals surface area contributed by atoms with Crippen LogP contribution in [0.5, 0.6) is 0 Å². The normalized spacial score (nSPS) is 28.4. The molecule has 8 nitrogen and oxygen atoms in total. The molecule has 1 unspecified atom stereocenters. The van der Waals surface area contributed by atoms with Crippen LogP contribution in [0.15, 0.2) is 42.6 Å². The van der Waals surface area contributed by atoms with E-state index < -0.39 is 11.9 Å². The Morgan fingerprint density at radius 3 is 2.73 bits per heavy atom. The number of benzene rings is 1. The maximum Gasteiger partial charge on any atom is 0.308 e. The quantitative estimate of drug-likeness (QED) is 0.664. The van der Waals surface area contributed by atoms with E-state index in [-0.39, 0.29) is 29.1 Å². The number of carboxylic acid groups (broad SMARTS) is 1. The summed E-state index contributed by atoms with van der Waals surface area (Å²) in [5.74, 6) is -1.34. The molecule has 4 aliphatic rings. The van der Waals surface area contributed by atoms with Crippen LogP contribution in [-0.4, -0.2) is 62.2 Å². The molecule has 3 aliphatic heterocycles. The minimum atomic E-state index is -0.817. The SMILES string of the molecule is Cc1cc(N2CC[C@](C)(c3ccccc3)C2)cn2nc(C(=O)N3C[C@H]4C[C@@H]3C4C(=O)O)nc12. The van der Waals surface area contributed by atoms with Gasteiger partial charge >= 0.3 is 5.97 Å². The van der Waals surface area contributed by atoms with Gasteiger partial charge in [0, 0.05) is 31.1 Å². The lowest BCUT2D eigenvalue weighted by atomic mass is 9.74. The number of hydrogen-bond acceptors (Lipinski definition) is 5. The molecule has 3 aromatic rings. The number of pyridine rings is 1. The van der Waals surface area contributed by atoms with Gasteiger partial charge in [-0.25, -0.2) is 9.50 Å². The molecule has 1 aromatic carbocycles. The Morgan fingerprint density at radius 1 is 1.21 bits per heavy atom. The van der Waals surface area contributed by atoms with Gasteiger partial charge < -0.3 is 14.9 Å². The van der Waals surface area contributed by atoms with Crippen LogP contribution < -0.4 is 4.90 Å². The first-order chi connectivity index (χ1) is 15.8. The number of anilines is 1. The second-order valence-electron chi connectivity index (χ2n) is 10.1. The van der Waals surface area contributed by atoms with Crippen molar-refractivity contribution in [3.8, 4) is 0 Å². The third kappa shape index (κ3) is 3.03. The van der Waals surface area contributed by atoms with Crippen molar-refractivity contribution >= 4 is 23.2 Å². The molecule has 4 atom stereocenters. The number of aryl methyl sites for hydroxylation is 1. The van der Waals surface area contributed by atoms with Crippen molar-refractivity contribution in [2.75, 3.05) is 24.5 Å². The van der Waals surface area contributed by atoms with E-state index >= 15 is 0 Å². The van der Waals surface area contributed by atoms with Gasteiger partial charge in [0.2, 0.25) is 5.82 Å². The van der Waals surface area contributed by atoms with Crippen LogP contribution in [0.3, 0.4) is 0 Å². The van der Waals surface area contributed by atoms with Gasteiger partial charge in [-0.3, -0.25) is 9.59 Å². The maximum absolute atomic E-state index is 13.1. The van der Waals surface area contributed by atoms with E-state index in [4.69, 9.17) is 0 Å². The van der Waals surface area contributed by atoms with E-state index in [1.165, 1.54) is 5.56 Å². The number of carboxylic acids is 1. The molecule has 1 saturated carbocycles. The highest BCUT2D eigenvalue weighted by Gasteiger charge is 2.57. The first-order valence-electron chi connectivity index (χ1n) is 11.6. The zero-order valence-electron chi connectivity index (χ0n) is 18.8. The molecule has 2 bridgehead atoms. The molecule has 33 heavy (non-hydrogen) atoms. The lowest BCUT2D eigenvalue weighted by Crippen LogP contribution is -2.45. The third-order valence-electron chi connectivity index (χ3n) is 7.95. The van der Waals surface area contributed by atoms with Gasteiger partial charge in [-0.2, -0.15) is 0 Å². The Kier molecular flexibility index (Phi) is 4.31. The third-order valence-corrected chi connectivity index (χ3v) is 7.95. The molecule has 5 heterocycles. The zero-order valence-corrected chi connectivity index (χ0v) is 18.8. The number of fused-ring (bicyclic) bond motifs is 2. The van der Waals surface area contributed by atoms with E-state index in [2.05, 4.69) is 52.2 Å². The number of aliphatic carboxylic acids is 1. The molecule has 0 radical (unpaired) electrons. The summed E-state index contributed by atoms with van der Waals surface area (Å²) in [6.07, 6.45) is 3.78. The molecule has 1 N–H and O–H groups in total. The Balaban J connectivity index is 1.26. The number of hydrogen-bond donors (Lipinski definition) is 1. The number of carbonyl (C=O) groups excluding carboxylic acids is 1. The summed E-state index contributed by atoms with van der Waals surface area (Å²) in [5.41, 5.74) is 4.13. The van der Waals surface area contributed by atoms with Crippen LogP contribution in [0.4, 0.5) is 5.69 Å². The van der Waals surface area contributed by atoms with Crippen LogP contribution >= 0.6 is 0 Å². The average molecular weight is 446 g/mol. The van der Waals surface area contributed by atoms with Gasteiger partial charge in [-0.05, 0) is 42.9 Å². The average Bonchev–Trinajstić information content (AvgIpc) is 3.55. The number of aromatic nitrogens is 3. The second-order valence-corrected chi connectivity index (χ2v) is 10.1. The van der Waals surface area contributed by atoms with E-state index in [9.17, 15) is 14.7 Å². The van der Waals surface area contributed by atoms with Gasteiger partial charge in [0.05, 0.1) is 17.8 Å². The Bertz CT molecular complexity index is 1270. The lowest BCUT2D eigenvalue weighted by Gasteiger charge is -2.32. The number of carbonyl (C=O) groups is 2. The fraction of sp³-hybridized carbons (Fsp3) is 0.440. The molecular formula is C25H27N5O3. The van der Waals surface area contributed by atoms with Gasteiger partial charge in [-0.15, -0.1) is 5.10 Å². The molecule has 1 amide bonds. The fourth-order valence-corrected chi connectivity index (χ4v) is 6.00. The largest absolute Gasteiger partial charge is 0.481 e. The summed E-state index contributed by atoms with van der Waals surface area (Å²) in [5, 5.41) is 13.9. The molecule has 170 valence electrons. The summed E-state index contributed by atoms with van der Waals surface area (Å²) in [7, 11) is 0. The summed E-state index contributed by atoms with van der Waals surface area (Å²) in [6, 6.07) is 12.5. The van der Waals surface area contributed by atoms with Crippen LogP contribution in [0.1, 0.15) is 41.5 Å². The Labute approximate surface area is 191 Å². The van der Waals surface area contributed by atoms with Crippen LogP contribution in [-0.2, 0) is 10.2 Å². The molecule has 4 fully saturated rings. The number of amides is 1. The first kappa shape index (κ1) is 20.2. The topological polar surface area (TPSA) is 91.0 Å². The number of nitrogens with zero attached hydrogens (tertiary/aromatic N) is 5. The highest BCUT2D eigenvalue weighted by molar-refractivity contribution is 5.93. The molecule has 1 aliphatic carbocycles. The summed E-state index contributed by atoms with van der Waals surface area (Å²) >= 11 is 0. The van der Waals surface area contributed by atoms with Crippen molar-refractivity contribution < 1.29 is 14.7 Å². The van der Waals surface area contributed by atoms with Crippen molar-refractivity contribution in [1.29, 1.82) is 0 Å². The van der Waals surface area contributed by atoms with Crippen molar-refractivity contribution in [3.63, 3.8) is 0 Å². The second kappa shape index (κ2) is 7.04. The minimum Gasteiger partial charge on any atom is -0.481 e. The van der Waals surface area contributed by atoms with E-state index in [0.717, 1.165) is 37.2 Å². The van der Waals surface area contributed by atoms with Crippen LogP contribution in [0, 0.1) is 18.8 Å². The standard InChI is InChI=1S/C25H27N5O3/c1-15-10-18(28-9-8-25(2,14-28)17-6-4-3-5-7-17)13-30-22(15)26-21(27-30)23(31)29-12-16-11-19(29)20(16)24(32)33/h3-7,10,13,16,19-20H,8-9,11-12,14H2,1-2H3,(H,32,33)/t16-,19-,20?,25+/m1/s1. The van der Waals surface area contributed by atoms with Gasteiger partial charge in [0.1, 0.15) is 0 Å². The summed E-state index contributed by atoms with van der Waals surface area (Å²) in [6.45, 7) is 6.64. The minimum absolute atomic E-state index is 0.0518. The lowest BCUT2D eigenvalue weighted by molar-refractivity contribution is -0.147. The highest BCUT2D eigenvalue weighted by Crippen LogP contribution is 2.46. The zero-order chi connectivity index (χ0) is 22.9. The number of rotatable bonds is 4. The molecule has 0 spiro atoms. The van der Waals surface area contributed by atoms with Crippen LogP contribution in [0.25, 0.3) is 5.65 Å². The van der Waals surface area contributed by atoms with Gasteiger partial charge in [-0.1, -0.05) is 37.3 Å². The summed E-state index contributed by atoms with van der Waals surface area (Å²) in [4.78, 5) is 33.1. The van der Waals surface area contributed by atoms with Crippen molar-refractivity contribution in [1.82, 2.24) is 19.5 Å². The molecular weight excluding hydrogens is 418 g/mol. The predicted octanol–water partition coefficient (Wildman–Crippen LogP) is 2.75. The molecule has 8 heteroatoms. The fourth-order valence-electron chi connectivity index (χ4n) is 6.00. The van der Waals surface area contributed by atoms with Gasteiger partial charge in [0.15, 0.2) is 5.65 Å². The highest BCUT2D eigenvalue weighted by atomic mass is 16.4. The molecule has 7 rings (SSSR count). The summed E-state index contributed by atoms with van der Waals surface area (Å²) < 4.78 is 1.70. The Hall–Kier alpha value is -3.42. The van der Waals surface area contributed by atoms with Crippen LogP contribution in [0.2, 0.25) is 0 Å². The van der Waals surface area contributed by atoms with Crippen molar-refractivity contribution in [3.05, 3.63) is 59.5 Å². The Morgan fingerprint density at radius 2 is 2.00 bits per heavy atom. The maximum atomic E-state index is 13.1. The molecule has 3 saturated heterocycles. The monoisotopic (exact) mass is 445 g/mol. The van der Waals surface area contributed by atoms with Crippen molar-refractivity contribution in [2.24, 2.45) is 11.8 Å². The van der Waals surface area contributed by atoms with Gasteiger partial charge in [0.25, 0.3) is 5.91 Å². The van der Waals surface area contributed by atoms with Crippen molar-refractivity contribution in [2.45, 2.75) is 38.1 Å². The smallest absolute Gasteiger partial charge is 0.308 e. The van der Waals surface area contributed by atoms with E-state index in [1.54, 1.807) is 9.42 Å². The van der Waals surface area contributed by atoms with E-state index in [0.29, 0.717) is 12.2 Å². The van der Waals surface area contributed by atoms with E-state index in [1.807, 2.05) is 19.2 Å². The first-order valence-corrected chi connectivity index (χ1v) is 11.6. The molecule has 2 aromatic heterocycles. The predicted molar refractivity (Wildman–Crippen MR) is 122 cm³/mol.